The molecule has 0 aromatic heterocycles. The monoisotopic (exact) mass is 861 g/mol. The van der Waals surface area contributed by atoms with Gasteiger partial charge in [0.15, 0.2) is 6.10 Å². The van der Waals surface area contributed by atoms with Crippen LogP contribution in [-0.4, -0.2) is 37.2 Å². The molecule has 0 fully saturated rings. The quantitative estimate of drug-likeness (QED) is 0.0263. The minimum atomic E-state index is -0.802. The topological polar surface area (TPSA) is 78.9 Å². The summed E-state index contributed by atoms with van der Waals surface area (Å²) in [5.41, 5.74) is 0. The van der Waals surface area contributed by atoms with Gasteiger partial charge in [-0.1, -0.05) is 208 Å². The van der Waals surface area contributed by atoms with Crippen LogP contribution < -0.4 is 0 Å². The van der Waals surface area contributed by atoms with Crippen LogP contribution in [-0.2, 0) is 28.6 Å². The lowest BCUT2D eigenvalue weighted by Crippen LogP contribution is -2.30. The smallest absolute Gasteiger partial charge is 0.306 e. The van der Waals surface area contributed by atoms with Crippen molar-refractivity contribution in [3.05, 3.63) is 97.2 Å². The summed E-state index contributed by atoms with van der Waals surface area (Å²) in [6.07, 6.45) is 65.4. The van der Waals surface area contributed by atoms with Gasteiger partial charge in [0, 0.05) is 19.3 Å². The lowest BCUT2D eigenvalue weighted by molar-refractivity contribution is -0.167. The second-order valence-corrected chi connectivity index (χ2v) is 16.3. The van der Waals surface area contributed by atoms with E-state index < -0.39 is 6.10 Å². The zero-order valence-electron chi connectivity index (χ0n) is 40.1. The number of carbonyl (C=O) groups is 3. The molecule has 352 valence electrons. The summed E-state index contributed by atoms with van der Waals surface area (Å²) in [6, 6.07) is 0. The van der Waals surface area contributed by atoms with Gasteiger partial charge in [0.2, 0.25) is 0 Å². The van der Waals surface area contributed by atoms with Crippen LogP contribution in [0.2, 0.25) is 0 Å². The first-order valence-corrected chi connectivity index (χ1v) is 25.2. The molecule has 0 aliphatic carbocycles. The van der Waals surface area contributed by atoms with Gasteiger partial charge in [-0.05, 0) is 89.9 Å². The number of rotatable bonds is 44. The Kier molecular flexibility index (Phi) is 47.0. The van der Waals surface area contributed by atoms with Crippen LogP contribution in [0, 0.1) is 0 Å². The molecular weight excluding hydrogens is 769 g/mol. The predicted octanol–water partition coefficient (Wildman–Crippen LogP) is 16.6. The number of hydrogen-bond acceptors (Lipinski definition) is 6. The van der Waals surface area contributed by atoms with Gasteiger partial charge in [-0.25, -0.2) is 0 Å². The van der Waals surface area contributed by atoms with E-state index in [2.05, 4.69) is 118 Å². The molecule has 0 radical (unpaired) electrons. The standard InChI is InChI=1S/C56H92O6/c1-4-7-10-13-16-19-22-23-24-25-26-27-28-29-30-31-32-33-35-37-40-43-46-49-55(58)61-52-53(51-60-54(57)48-45-42-39-36-21-18-15-12-9-6-3)62-56(59)50-47-44-41-38-34-20-17-14-11-8-5-2/h7,10,14,16-17,19,23-24,26-27,29-30,32-33,37,40,53H,4-6,8-9,11-13,15,18,20-22,25,28,31,34-36,38-39,41-52H2,1-3H3/b10-7-,17-14-,19-16-,24-23-,27-26-,30-29-,33-32-,40-37-. The maximum Gasteiger partial charge on any atom is 0.306 e. The Labute approximate surface area is 381 Å². The number of carbonyl (C=O) groups excluding carboxylic acids is 3. The second-order valence-electron chi connectivity index (χ2n) is 16.3. The third kappa shape index (κ3) is 47.4. The molecule has 0 spiro atoms. The minimum Gasteiger partial charge on any atom is -0.462 e. The highest BCUT2D eigenvalue weighted by Gasteiger charge is 2.19. The molecule has 0 heterocycles. The van der Waals surface area contributed by atoms with Crippen molar-refractivity contribution >= 4 is 17.9 Å². The summed E-state index contributed by atoms with van der Waals surface area (Å²) in [7, 11) is 0. The molecule has 62 heavy (non-hydrogen) atoms. The summed E-state index contributed by atoms with van der Waals surface area (Å²) in [4.78, 5) is 37.8. The van der Waals surface area contributed by atoms with E-state index in [1.165, 1.54) is 70.6 Å². The molecule has 0 bridgehead atoms. The molecule has 0 amide bonds. The fourth-order valence-corrected chi connectivity index (χ4v) is 6.53. The van der Waals surface area contributed by atoms with E-state index in [-0.39, 0.29) is 37.5 Å². The summed E-state index contributed by atoms with van der Waals surface area (Å²) in [5, 5.41) is 0. The van der Waals surface area contributed by atoms with Gasteiger partial charge in [0.1, 0.15) is 13.2 Å². The molecule has 0 aromatic rings. The van der Waals surface area contributed by atoms with E-state index in [1.54, 1.807) is 0 Å². The Hall–Kier alpha value is -3.67. The summed E-state index contributed by atoms with van der Waals surface area (Å²) in [5.74, 6) is -0.978. The van der Waals surface area contributed by atoms with Gasteiger partial charge in [-0.15, -0.1) is 0 Å². The van der Waals surface area contributed by atoms with E-state index in [0.29, 0.717) is 19.3 Å². The normalized spacial score (nSPS) is 12.9. The lowest BCUT2D eigenvalue weighted by Gasteiger charge is -2.18. The maximum atomic E-state index is 12.7. The fourth-order valence-electron chi connectivity index (χ4n) is 6.53. The van der Waals surface area contributed by atoms with E-state index in [1.807, 2.05) is 0 Å². The fraction of sp³-hybridized carbons (Fsp3) is 0.661. The highest BCUT2D eigenvalue weighted by Crippen LogP contribution is 2.13. The Morgan fingerprint density at radius 3 is 1.11 bits per heavy atom. The van der Waals surface area contributed by atoms with Crippen LogP contribution in [0.15, 0.2) is 97.2 Å². The molecule has 0 saturated heterocycles. The van der Waals surface area contributed by atoms with Gasteiger partial charge < -0.3 is 14.2 Å². The van der Waals surface area contributed by atoms with Crippen LogP contribution in [0.25, 0.3) is 0 Å². The van der Waals surface area contributed by atoms with Crippen molar-refractivity contribution in [1.29, 1.82) is 0 Å². The second kappa shape index (κ2) is 50.0. The number of esters is 3. The number of allylic oxidation sites excluding steroid dienone is 16. The van der Waals surface area contributed by atoms with Crippen molar-refractivity contribution in [3.8, 4) is 0 Å². The summed E-state index contributed by atoms with van der Waals surface area (Å²) in [6.45, 7) is 6.40. The third-order valence-corrected chi connectivity index (χ3v) is 10.3. The zero-order valence-corrected chi connectivity index (χ0v) is 40.1. The highest BCUT2D eigenvalue weighted by molar-refractivity contribution is 5.71. The molecule has 0 rings (SSSR count). The van der Waals surface area contributed by atoms with Crippen molar-refractivity contribution < 1.29 is 28.6 Å². The molecule has 0 aliphatic heterocycles. The van der Waals surface area contributed by atoms with Crippen molar-refractivity contribution in [2.45, 2.75) is 226 Å². The maximum absolute atomic E-state index is 12.7. The first-order chi connectivity index (χ1) is 30.5. The van der Waals surface area contributed by atoms with Crippen molar-refractivity contribution in [1.82, 2.24) is 0 Å². The van der Waals surface area contributed by atoms with Gasteiger partial charge in [-0.3, -0.25) is 14.4 Å². The summed E-state index contributed by atoms with van der Waals surface area (Å²) < 4.78 is 16.7. The Morgan fingerprint density at radius 1 is 0.339 bits per heavy atom. The first kappa shape index (κ1) is 58.3. The predicted molar refractivity (Wildman–Crippen MR) is 265 cm³/mol. The van der Waals surface area contributed by atoms with Gasteiger partial charge in [-0.2, -0.15) is 0 Å². The van der Waals surface area contributed by atoms with Crippen molar-refractivity contribution in [2.24, 2.45) is 0 Å². The van der Waals surface area contributed by atoms with E-state index in [0.717, 1.165) is 103 Å². The molecule has 0 aromatic carbocycles. The van der Waals surface area contributed by atoms with Crippen molar-refractivity contribution in [2.75, 3.05) is 13.2 Å². The molecule has 0 N–H and O–H groups in total. The SMILES string of the molecule is CC/C=C\C/C=C\C/C=C\C/C=C\C/C=C\C/C=C\C/C=C\CCCC(=O)OCC(COC(=O)CCCCCCCCCCCC)OC(=O)CCCCCCC/C=C\CCCC. The average Bonchev–Trinajstić information content (AvgIpc) is 3.27. The first-order valence-electron chi connectivity index (χ1n) is 25.2. The number of ether oxygens (including phenoxy) is 3. The lowest BCUT2D eigenvalue weighted by atomic mass is 10.1. The number of unbranched alkanes of at least 4 members (excludes halogenated alkanes) is 17. The molecule has 0 aliphatic rings. The van der Waals surface area contributed by atoms with E-state index in [9.17, 15) is 14.4 Å². The van der Waals surface area contributed by atoms with Crippen molar-refractivity contribution in [3.63, 3.8) is 0 Å². The molecule has 6 nitrogen and oxygen atoms in total. The molecule has 6 heteroatoms. The van der Waals surface area contributed by atoms with Crippen LogP contribution >= 0.6 is 0 Å². The third-order valence-electron chi connectivity index (χ3n) is 10.3. The largest absolute Gasteiger partial charge is 0.462 e. The van der Waals surface area contributed by atoms with Crippen LogP contribution in [0.4, 0.5) is 0 Å². The van der Waals surface area contributed by atoms with E-state index >= 15 is 0 Å². The molecular formula is C56H92O6. The molecule has 0 saturated carbocycles. The van der Waals surface area contributed by atoms with Crippen LogP contribution in [0.3, 0.4) is 0 Å². The van der Waals surface area contributed by atoms with Gasteiger partial charge >= 0.3 is 17.9 Å². The Bertz CT molecular complexity index is 1260. The Balaban J connectivity index is 4.41. The van der Waals surface area contributed by atoms with Crippen LogP contribution in [0.5, 0.6) is 0 Å². The van der Waals surface area contributed by atoms with E-state index in [4.69, 9.17) is 14.2 Å². The zero-order chi connectivity index (χ0) is 45.1. The Morgan fingerprint density at radius 2 is 0.661 bits per heavy atom. The summed E-state index contributed by atoms with van der Waals surface area (Å²) >= 11 is 0. The average molecular weight is 861 g/mol. The molecule has 1 unspecified atom stereocenters. The minimum absolute atomic E-state index is 0.0985. The van der Waals surface area contributed by atoms with Crippen LogP contribution in [0.1, 0.15) is 220 Å². The molecule has 1 atom stereocenters. The highest BCUT2D eigenvalue weighted by atomic mass is 16.6. The van der Waals surface area contributed by atoms with Gasteiger partial charge in [0.05, 0.1) is 0 Å². The number of hydrogen-bond donors (Lipinski definition) is 0. The van der Waals surface area contributed by atoms with Gasteiger partial charge in [0.25, 0.3) is 0 Å².